The van der Waals surface area contributed by atoms with Gasteiger partial charge in [0.2, 0.25) is 17.7 Å². The van der Waals surface area contributed by atoms with Crippen LogP contribution in [0.4, 0.5) is 16.5 Å². The Balaban J connectivity index is 1.45. The van der Waals surface area contributed by atoms with Crippen LogP contribution < -0.4 is 20.3 Å². The van der Waals surface area contributed by atoms with E-state index in [2.05, 4.69) is 15.6 Å². The van der Waals surface area contributed by atoms with Gasteiger partial charge >= 0.3 is 0 Å². The van der Waals surface area contributed by atoms with Crippen LogP contribution in [-0.4, -0.2) is 35.9 Å². The van der Waals surface area contributed by atoms with Gasteiger partial charge in [-0.25, -0.2) is 4.98 Å². The molecule has 31 heavy (non-hydrogen) atoms. The Hall–Kier alpha value is -3.46. The average Bonchev–Trinajstić information content (AvgIpc) is 3.30. The van der Waals surface area contributed by atoms with Crippen molar-refractivity contribution in [3.8, 4) is 5.75 Å². The fourth-order valence-corrected chi connectivity index (χ4v) is 4.41. The van der Waals surface area contributed by atoms with Gasteiger partial charge in [-0.15, -0.1) is 0 Å². The first-order valence-corrected chi connectivity index (χ1v) is 10.8. The first-order chi connectivity index (χ1) is 14.9. The van der Waals surface area contributed by atoms with E-state index in [4.69, 9.17) is 4.74 Å². The van der Waals surface area contributed by atoms with Crippen LogP contribution in [-0.2, 0) is 14.4 Å². The number of amides is 3. The Bertz CT molecular complexity index is 1160. The van der Waals surface area contributed by atoms with Crippen molar-refractivity contribution >= 4 is 55.8 Å². The molecule has 160 valence electrons. The molecule has 2 heterocycles. The van der Waals surface area contributed by atoms with Gasteiger partial charge < -0.3 is 20.3 Å². The van der Waals surface area contributed by atoms with Crippen molar-refractivity contribution in [3.63, 3.8) is 0 Å². The van der Waals surface area contributed by atoms with Crippen LogP contribution in [0.1, 0.15) is 20.3 Å². The number of carbonyl (C=O) groups is 3. The summed E-state index contributed by atoms with van der Waals surface area (Å²) < 4.78 is 6.42. The van der Waals surface area contributed by atoms with Crippen LogP contribution in [0.2, 0.25) is 0 Å². The Morgan fingerprint density at radius 2 is 2.06 bits per heavy atom. The molecule has 1 fully saturated rings. The molecule has 1 aliphatic heterocycles. The highest BCUT2D eigenvalue weighted by atomic mass is 32.1. The molecule has 8 nitrogen and oxygen atoms in total. The van der Waals surface area contributed by atoms with E-state index < -0.39 is 5.92 Å². The molecular formula is C22H22N4O4S. The smallest absolute Gasteiger partial charge is 0.231 e. The van der Waals surface area contributed by atoms with Gasteiger partial charge in [0, 0.05) is 31.3 Å². The van der Waals surface area contributed by atoms with Crippen LogP contribution in [0.5, 0.6) is 5.75 Å². The Morgan fingerprint density at radius 1 is 1.23 bits per heavy atom. The maximum atomic E-state index is 12.8. The van der Waals surface area contributed by atoms with E-state index in [1.165, 1.54) is 18.3 Å². The molecule has 4 rings (SSSR count). The van der Waals surface area contributed by atoms with Gasteiger partial charge in [-0.1, -0.05) is 17.4 Å². The molecule has 1 saturated heterocycles. The van der Waals surface area contributed by atoms with Crippen molar-refractivity contribution in [1.29, 1.82) is 0 Å². The third-order valence-electron chi connectivity index (χ3n) is 4.88. The number of nitrogens with zero attached hydrogens (tertiary/aromatic N) is 2. The van der Waals surface area contributed by atoms with Crippen molar-refractivity contribution in [2.75, 3.05) is 28.7 Å². The third kappa shape index (κ3) is 4.66. The van der Waals surface area contributed by atoms with Crippen LogP contribution in [0.3, 0.4) is 0 Å². The number of fused-ring (bicyclic) bond motifs is 1. The van der Waals surface area contributed by atoms with Crippen molar-refractivity contribution < 1.29 is 19.1 Å². The fraction of sp³-hybridized carbons (Fsp3) is 0.273. The molecule has 0 radical (unpaired) electrons. The number of hydrogen-bond donors (Lipinski definition) is 2. The predicted octanol–water partition coefficient (Wildman–Crippen LogP) is 3.65. The van der Waals surface area contributed by atoms with E-state index in [0.717, 1.165) is 16.0 Å². The number of thiazole rings is 1. The maximum absolute atomic E-state index is 12.8. The number of benzene rings is 2. The summed E-state index contributed by atoms with van der Waals surface area (Å²) >= 11 is 1.37. The molecule has 3 amide bonds. The van der Waals surface area contributed by atoms with Crippen molar-refractivity contribution in [3.05, 3.63) is 42.5 Å². The summed E-state index contributed by atoms with van der Waals surface area (Å²) in [6, 6.07) is 12.6. The summed E-state index contributed by atoms with van der Waals surface area (Å²) in [4.78, 5) is 42.6. The molecule has 0 saturated carbocycles. The van der Waals surface area contributed by atoms with Crippen LogP contribution in [0.15, 0.2) is 42.5 Å². The number of carbonyl (C=O) groups excluding carboxylic acids is 3. The molecule has 2 aromatic carbocycles. The highest BCUT2D eigenvalue weighted by molar-refractivity contribution is 7.22. The minimum atomic E-state index is -0.483. The lowest BCUT2D eigenvalue weighted by Gasteiger charge is -2.17. The zero-order valence-corrected chi connectivity index (χ0v) is 18.0. The summed E-state index contributed by atoms with van der Waals surface area (Å²) in [5, 5.41) is 6.04. The second kappa shape index (κ2) is 8.73. The first kappa shape index (κ1) is 20.8. The summed E-state index contributed by atoms with van der Waals surface area (Å²) in [6.07, 6.45) is 0.121. The van der Waals surface area contributed by atoms with E-state index in [1.807, 2.05) is 25.1 Å². The number of ether oxygens (including phenoxy) is 1. The molecule has 1 unspecified atom stereocenters. The molecule has 1 atom stereocenters. The minimum Gasteiger partial charge on any atom is -0.494 e. The summed E-state index contributed by atoms with van der Waals surface area (Å²) in [5.74, 6) is -0.284. The zero-order valence-electron chi connectivity index (χ0n) is 17.2. The SMILES string of the molecule is CCOc1ccc2nc(NC(=O)C3CC(=O)N(c4cccc(NC(C)=O)c4)C3)sc2c1. The molecule has 0 bridgehead atoms. The summed E-state index contributed by atoms with van der Waals surface area (Å²) in [5.41, 5.74) is 2.03. The number of nitrogens with one attached hydrogen (secondary N) is 2. The van der Waals surface area contributed by atoms with E-state index in [9.17, 15) is 14.4 Å². The predicted molar refractivity (Wildman–Crippen MR) is 121 cm³/mol. The van der Waals surface area contributed by atoms with Gasteiger partial charge in [-0.3, -0.25) is 14.4 Å². The summed E-state index contributed by atoms with van der Waals surface area (Å²) in [6.45, 7) is 4.19. The number of rotatable bonds is 6. The summed E-state index contributed by atoms with van der Waals surface area (Å²) in [7, 11) is 0. The average molecular weight is 439 g/mol. The van der Waals surface area contributed by atoms with E-state index >= 15 is 0 Å². The van der Waals surface area contributed by atoms with Gasteiger partial charge in [0.1, 0.15) is 5.75 Å². The normalized spacial score (nSPS) is 15.9. The number of hydrogen-bond acceptors (Lipinski definition) is 6. The molecule has 3 aromatic rings. The maximum Gasteiger partial charge on any atom is 0.231 e. The van der Waals surface area contributed by atoms with Crippen LogP contribution >= 0.6 is 11.3 Å². The van der Waals surface area contributed by atoms with Crippen molar-refractivity contribution in [2.24, 2.45) is 5.92 Å². The van der Waals surface area contributed by atoms with Crippen LogP contribution in [0.25, 0.3) is 10.2 Å². The van der Waals surface area contributed by atoms with Crippen LogP contribution in [0, 0.1) is 5.92 Å². The molecule has 9 heteroatoms. The Kier molecular flexibility index (Phi) is 5.85. The Labute approximate surface area is 183 Å². The highest BCUT2D eigenvalue weighted by Crippen LogP contribution is 2.31. The lowest BCUT2D eigenvalue weighted by atomic mass is 10.1. The zero-order chi connectivity index (χ0) is 22.0. The lowest BCUT2D eigenvalue weighted by molar-refractivity contribution is -0.122. The minimum absolute atomic E-state index is 0.121. The second-order valence-corrected chi connectivity index (χ2v) is 8.24. The topological polar surface area (TPSA) is 101 Å². The van der Waals surface area contributed by atoms with E-state index in [-0.39, 0.29) is 30.7 Å². The molecule has 2 N–H and O–H groups in total. The monoisotopic (exact) mass is 438 g/mol. The van der Waals surface area contributed by atoms with E-state index in [0.29, 0.717) is 23.1 Å². The first-order valence-electron chi connectivity index (χ1n) is 9.95. The lowest BCUT2D eigenvalue weighted by Crippen LogP contribution is -2.28. The highest BCUT2D eigenvalue weighted by Gasteiger charge is 2.35. The fourth-order valence-electron chi connectivity index (χ4n) is 3.51. The molecule has 1 aromatic heterocycles. The van der Waals surface area contributed by atoms with Gasteiger partial charge in [0.05, 0.1) is 22.7 Å². The standard InChI is InChI=1S/C22H22N4O4S/c1-3-30-17-7-8-18-19(11-17)31-22(24-18)25-21(29)14-9-20(28)26(12-14)16-6-4-5-15(10-16)23-13(2)27/h4-8,10-11,14H,3,9,12H2,1-2H3,(H,23,27)(H,24,25,29). The molecular weight excluding hydrogens is 416 g/mol. The van der Waals surface area contributed by atoms with Gasteiger partial charge in [-0.2, -0.15) is 0 Å². The number of aromatic nitrogens is 1. The van der Waals surface area contributed by atoms with Gasteiger partial charge in [0.15, 0.2) is 5.13 Å². The van der Waals surface area contributed by atoms with Gasteiger partial charge in [0.25, 0.3) is 0 Å². The Morgan fingerprint density at radius 3 is 2.84 bits per heavy atom. The second-order valence-electron chi connectivity index (χ2n) is 7.21. The quantitative estimate of drug-likeness (QED) is 0.612. The van der Waals surface area contributed by atoms with Crippen molar-refractivity contribution in [2.45, 2.75) is 20.3 Å². The van der Waals surface area contributed by atoms with E-state index in [1.54, 1.807) is 29.2 Å². The largest absolute Gasteiger partial charge is 0.494 e. The van der Waals surface area contributed by atoms with Gasteiger partial charge in [-0.05, 0) is 43.3 Å². The van der Waals surface area contributed by atoms with Crippen molar-refractivity contribution in [1.82, 2.24) is 4.98 Å². The third-order valence-corrected chi connectivity index (χ3v) is 5.81. The molecule has 1 aliphatic rings. The molecule has 0 spiro atoms. The molecule has 0 aliphatic carbocycles. The number of anilines is 3.